The summed E-state index contributed by atoms with van der Waals surface area (Å²) in [5.41, 5.74) is 1.03. The van der Waals surface area contributed by atoms with Gasteiger partial charge in [0.25, 0.3) is 0 Å². The molecule has 1 unspecified atom stereocenters. The van der Waals surface area contributed by atoms with Crippen LogP contribution in [0.1, 0.15) is 25.8 Å². The van der Waals surface area contributed by atoms with E-state index < -0.39 is 0 Å². The lowest BCUT2D eigenvalue weighted by Gasteiger charge is -2.14. The van der Waals surface area contributed by atoms with Gasteiger partial charge in [0.05, 0.1) is 12.5 Å². The van der Waals surface area contributed by atoms with E-state index >= 15 is 0 Å². The molecule has 2 rings (SSSR count). The first-order valence-corrected chi connectivity index (χ1v) is 7.36. The number of ether oxygens (including phenoxy) is 1. The number of rotatable bonds is 6. The molecule has 0 saturated carbocycles. The number of amides is 1. The third-order valence-corrected chi connectivity index (χ3v) is 3.43. The lowest BCUT2D eigenvalue weighted by molar-refractivity contribution is -0.124. The van der Waals surface area contributed by atoms with Crippen LogP contribution in [0.4, 0.5) is 0 Å². The van der Waals surface area contributed by atoms with Crippen LogP contribution >= 0.6 is 0 Å². The summed E-state index contributed by atoms with van der Waals surface area (Å²) in [6.45, 7) is 7.19. The van der Waals surface area contributed by atoms with Crippen molar-refractivity contribution in [1.29, 1.82) is 0 Å². The summed E-state index contributed by atoms with van der Waals surface area (Å²) in [4.78, 5) is 12.0. The van der Waals surface area contributed by atoms with Crippen molar-refractivity contribution in [2.24, 2.45) is 11.8 Å². The largest absolute Gasteiger partial charge is 0.493 e. The first-order chi connectivity index (χ1) is 9.66. The van der Waals surface area contributed by atoms with Crippen LogP contribution in [0.5, 0.6) is 5.75 Å². The minimum absolute atomic E-state index is 0.110. The molecule has 1 aromatic carbocycles. The van der Waals surface area contributed by atoms with Crippen molar-refractivity contribution in [2.75, 3.05) is 19.7 Å². The Morgan fingerprint density at radius 3 is 2.95 bits per heavy atom. The molecule has 1 aromatic rings. The number of hydrogen-bond acceptors (Lipinski definition) is 3. The number of benzene rings is 1. The summed E-state index contributed by atoms with van der Waals surface area (Å²) in [6, 6.07) is 7.90. The standard InChI is InChI=1S/C16H24N2O2/c1-12(2)11-20-15-6-4-3-5-13(15)10-18-16(19)14-7-8-17-9-14/h3-6,12,14,17H,7-11H2,1-2H3,(H,18,19). The zero-order chi connectivity index (χ0) is 14.4. The number of para-hydroxylation sites is 1. The summed E-state index contributed by atoms with van der Waals surface area (Å²) in [7, 11) is 0. The van der Waals surface area contributed by atoms with E-state index in [1.165, 1.54) is 0 Å². The highest BCUT2D eigenvalue weighted by molar-refractivity contribution is 5.79. The Labute approximate surface area is 120 Å². The molecule has 0 bridgehead atoms. The van der Waals surface area contributed by atoms with Gasteiger partial charge in [-0.15, -0.1) is 0 Å². The average Bonchev–Trinajstić information content (AvgIpc) is 2.97. The fraction of sp³-hybridized carbons (Fsp3) is 0.562. The third kappa shape index (κ3) is 4.23. The molecular formula is C16H24N2O2. The SMILES string of the molecule is CC(C)COc1ccccc1CNC(=O)C1CCNC1. The normalized spacial score (nSPS) is 18.2. The molecular weight excluding hydrogens is 252 g/mol. The van der Waals surface area contributed by atoms with Gasteiger partial charge in [0.1, 0.15) is 5.75 Å². The van der Waals surface area contributed by atoms with Gasteiger partial charge in [-0.2, -0.15) is 0 Å². The molecule has 1 heterocycles. The van der Waals surface area contributed by atoms with E-state index in [9.17, 15) is 4.79 Å². The molecule has 2 N–H and O–H groups in total. The molecule has 1 amide bonds. The topological polar surface area (TPSA) is 50.4 Å². The quantitative estimate of drug-likeness (QED) is 0.835. The van der Waals surface area contributed by atoms with Gasteiger partial charge in [0.2, 0.25) is 5.91 Å². The molecule has 0 radical (unpaired) electrons. The van der Waals surface area contributed by atoms with Crippen LogP contribution in [-0.2, 0) is 11.3 Å². The second-order valence-electron chi connectivity index (χ2n) is 5.72. The van der Waals surface area contributed by atoms with Crippen molar-refractivity contribution < 1.29 is 9.53 Å². The highest BCUT2D eigenvalue weighted by Crippen LogP contribution is 2.19. The van der Waals surface area contributed by atoms with Crippen LogP contribution in [0.3, 0.4) is 0 Å². The number of nitrogens with one attached hydrogen (secondary N) is 2. The van der Waals surface area contributed by atoms with Gasteiger partial charge in [-0.1, -0.05) is 32.0 Å². The Hall–Kier alpha value is -1.55. The maximum atomic E-state index is 12.0. The second-order valence-corrected chi connectivity index (χ2v) is 5.72. The molecule has 1 fully saturated rings. The zero-order valence-electron chi connectivity index (χ0n) is 12.3. The van der Waals surface area contributed by atoms with Gasteiger partial charge >= 0.3 is 0 Å². The van der Waals surface area contributed by atoms with Crippen molar-refractivity contribution in [1.82, 2.24) is 10.6 Å². The first-order valence-electron chi connectivity index (χ1n) is 7.36. The summed E-state index contributed by atoms with van der Waals surface area (Å²) in [5, 5.41) is 6.22. The number of carbonyl (C=O) groups excluding carboxylic acids is 1. The molecule has 4 nitrogen and oxygen atoms in total. The van der Waals surface area contributed by atoms with Crippen molar-refractivity contribution in [3.63, 3.8) is 0 Å². The molecule has 1 saturated heterocycles. The van der Waals surface area contributed by atoms with E-state index in [-0.39, 0.29) is 11.8 Å². The molecule has 4 heteroatoms. The predicted octanol–water partition coefficient (Wildman–Crippen LogP) is 1.95. The smallest absolute Gasteiger partial charge is 0.224 e. The second kappa shape index (κ2) is 7.29. The molecule has 20 heavy (non-hydrogen) atoms. The van der Waals surface area contributed by atoms with Crippen molar-refractivity contribution in [3.8, 4) is 5.75 Å². The number of carbonyl (C=O) groups is 1. The third-order valence-electron chi connectivity index (χ3n) is 3.43. The maximum absolute atomic E-state index is 12.0. The summed E-state index contributed by atoms with van der Waals surface area (Å²) >= 11 is 0. The van der Waals surface area contributed by atoms with Crippen LogP contribution in [0, 0.1) is 11.8 Å². The molecule has 0 spiro atoms. The molecule has 110 valence electrons. The molecule has 0 aromatic heterocycles. The molecule has 1 atom stereocenters. The minimum Gasteiger partial charge on any atom is -0.493 e. The van der Waals surface area contributed by atoms with Gasteiger partial charge in [0.15, 0.2) is 0 Å². The van der Waals surface area contributed by atoms with E-state index in [0.717, 1.165) is 30.8 Å². The summed E-state index contributed by atoms with van der Waals surface area (Å²) < 4.78 is 5.79. The Balaban J connectivity index is 1.89. The fourth-order valence-corrected chi connectivity index (χ4v) is 2.25. The first kappa shape index (κ1) is 14.9. The lowest BCUT2D eigenvalue weighted by atomic mass is 10.1. The lowest BCUT2D eigenvalue weighted by Crippen LogP contribution is -2.31. The van der Waals surface area contributed by atoms with E-state index in [2.05, 4.69) is 24.5 Å². The summed E-state index contributed by atoms with van der Waals surface area (Å²) in [6.07, 6.45) is 0.928. The highest BCUT2D eigenvalue weighted by Gasteiger charge is 2.22. The van der Waals surface area contributed by atoms with Gasteiger partial charge in [-0.25, -0.2) is 0 Å². The van der Waals surface area contributed by atoms with Crippen LogP contribution in [0.25, 0.3) is 0 Å². The maximum Gasteiger partial charge on any atom is 0.224 e. The average molecular weight is 276 g/mol. The number of hydrogen-bond donors (Lipinski definition) is 2. The predicted molar refractivity (Wildman–Crippen MR) is 79.6 cm³/mol. The van der Waals surface area contributed by atoms with Crippen LogP contribution in [-0.4, -0.2) is 25.6 Å². The Morgan fingerprint density at radius 1 is 1.45 bits per heavy atom. The Kier molecular flexibility index (Phi) is 5.41. The van der Waals surface area contributed by atoms with Gasteiger partial charge in [0, 0.05) is 18.7 Å². The van der Waals surface area contributed by atoms with Crippen molar-refractivity contribution >= 4 is 5.91 Å². The molecule has 1 aliphatic heterocycles. The minimum atomic E-state index is 0.110. The van der Waals surface area contributed by atoms with Crippen LogP contribution in [0.15, 0.2) is 24.3 Å². The van der Waals surface area contributed by atoms with Crippen molar-refractivity contribution in [2.45, 2.75) is 26.8 Å². The molecule has 0 aliphatic carbocycles. The monoisotopic (exact) mass is 276 g/mol. The van der Waals surface area contributed by atoms with Gasteiger partial charge in [-0.05, 0) is 24.9 Å². The Bertz CT molecular complexity index is 440. The van der Waals surface area contributed by atoms with E-state index in [1.807, 2.05) is 24.3 Å². The van der Waals surface area contributed by atoms with E-state index in [4.69, 9.17) is 4.74 Å². The van der Waals surface area contributed by atoms with E-state index in [0.29, 0.717) is 19.1 Å². The zero-order valence-corrected chi connectivity index (χ0v) is 12.3. The summed E-state index contributed by atoms with van der Waals surface area (Å²) in [5.74, 6) is 1.60. The van der Waals surface area contributed by atoms with Gasteiger partial charge in [-0.3, -0.25) is 4.79 Å². The van der Waals surface area contributed by atoms with Crippen molar-refractivity contribution in [3.05, 3.63) is 29.8 Å². The fourth-order valence-electron chi connectivity index (χ4n) is 2.25. The van der Waals surface area contributed by atoms with Crippen LogP contribution < -0.4 is 15.4 Å². The van der Waals surface area contributed by atoms with E-state index in [1.54, 1.807) is 0 Å². The van der Waals surface area contributed by atoms with Crippen LogP contribution in [0.2, 0.25) is 0 Å². The molecule has 1 aliphatic rings. The Morgan fingerprint density at radius 2 is 2.25 bits per heavy atom. The van der Waals surface area contributed by atoms with Gasteiger partial charge < -0.3 is 15.4 Å². The highest BCUT2D eigenvalue weighted by atomic mass is 16.5.